The summed E-state index contributed by atoms with van der Waals surface area (Å²) in [5, 5.41) is 0. The Labute approximate surface area is 101 Å². The van der Waals surface area contributed by atoms with E-state index in [4.69, 9.17) is 0 Å². The Bertz CT molecular complexity index is 462. The first-order chi connectivity index (χ1) is 7.34. The molecule has 0 fully saturated rings. The fourth-order valence-corrected chi connectivity index (χ4v) is 2.12. The maximum absolute atomic E-state index is 12.2. The van der Waals surface area contributed by atoms with E-state index in [0.717, 1.165) is 0 Å². The smallest absolute Gasteiger partial charge is 0.278 e. The van der Waals surface area contributed by atoms with Crippen molar-refractivity contribution >= 4 is 31.6 Å². The minimum Gasteiger partial charge on any atom is -0.278 e. The van der Waals surface area contributed by atoms with E-state index in [1.807, 2.05) is 4.72 Å². The largest absolute Gasteiger partial charge is 0.355 e. The molecule has 0 spiro atoms. The van der Waals surface area contributed by atoms with E-state index in [2.05, 4.69) is 15.9 Å². The van der Waals surface area contributed by atoms with Crippen molar-refractivity contribution in [1.29, 1.82) is 0 Å². The number of hydrogen-bond acceptors (Lipinski definition) is 2. The molecule has 0 aliphatic heterocycles. The van der Waals surface area contributed by atoms with Gasteiger partial charge in [0.05, 0.1) is 5.69 Å². The van der Waals surface area contributed by atoms with Gasteiger partial charge in [-0.1, -0.05) is 34.1 Å². The Kier molecular flexibility index (Phi) is 4.26. The van der Waals surface area contributed by atoms with Gasteiger partial charge in [0.2, 0.25) is 0 Å². The summed E-state index contributed by atoms with van der Waals surface area (Å²) in [6.07, 6.45) is 0. The van der Waals surface area contributed by atoms with E-state index in [9.17, 15) is 17.2 Å². The van der Waals surface area contributed by atoms with E-state index in [0.29, 0.717) is 5.56 Å². The second-order valence-corrected chi connectivity index (χ2v) is 6.13. The molecule has 3 nitrogen and oxygen atoms in total. The summed E-state index contributed by atoms with van der Waals surface area (Å²) in [6, 6.07) is 6.37. The summed E-state index contributed by atoms with van der Waals surface area (Å²) >= 11 is 3.26. The van der Waals surface area contributed by atoms with Gasteiger partial charge in [-0.3, -0.25) is 4.72 Å². The number of para-hydroxylation sites is 1. The zero-order valence-electron chi connectivity index (χ0n) is 8.32. The number of rotatable bonds is 4. The molecule has 0 amide bonds. The fraction of sp³-hybridized carbons (Fsp3) is 0.333. The van der Waals surface area contributed by atoms with Crippen LogP contribution in [0.3, 0.4) is 0 Å². The normalized spacial score (nSPS) is 13.8. The second-order valence-electron chi connectivity index (χ2n) is 3.11. The number of alkyl halides is 3. The molecule has 1 atom stereocenters. The highest BCUT2D eigenvalue weighted by atomic mass is 79.9. The fourth-order valence-electron chi connectivity index (χ4n) is 1.13. The Morgan fingerprint density at radius 3 is 2.38 bits per heavy atom. The van der Waals surface area contributed by atoms with Crippen molar-refractivity contribution in [2.24, 2.45) is 0 Å². The lowest BCUT2D eigenvalue weighted by Crippen LogP contribution is -2.21. The maximum Gasteiger partial charge on any atom is 0.355 e. The first-order valence-electron chi connectivity index (χ1n) is 4.37. The first-order valence-corrected chi connectivity index (χ1v) is 6.83. The van der Waals surface area contributed by atoms with Gasteiger partial charge in [0.15, 0.2) is 0 Å². The van der Waals surface area contributed by atoms with Crippen LogP contribution in [0.1, 0.15) is 17.3 Å². The number of sulfonamides is 1. The average Bonchev–Trinajstić information content (AvgIpc) is 2.17. The summed E-state index contributed by atoms with van der Waals surface area (Å²) in [5.74, 6) is -3.44. The minimum atomic E-state index is -4.61. The molecular formula is C9H10BrF2NO2S. The van der Waals surface area contributed by atoms with Crippen molar-refractivity contribution in [3.63, 3.8) is 0 Å². The molecule has 1 unspecified atom stereocenters. The lowest BCUT2D eigenvalue weighted by molar-refractivity contribution is 0.236. The van der Waals surface area contributed by atoms with Gasteiger partial charge in [0.1, 0.15) is 0 Å². The predicted molar refractivity (Wildman–Crippen MR) is 62.3 cm³/mol. The van der Waals surface area contributed by atoms with E-state index in [-0.39, 0.29) is 10.5 Å². The molecule has 0 radical (unpaired) electrons. The standard InChI is InChI=1S/C9H10BrF2NO2S/c1-6(10)7-4-2-3-5-8(7)13-16(14,15)9(11)12/h2-6,9,13H,1H3. The lowest BCUT2D eigenvalue weighted by Gasteiger charge is -2.13. The van der Waals surface area contributed by atoms with Crippen LogP contribution in [0.5, 0.6) is 0 Å². The molecule has 0 bridgehead atoms. The topological polar surface area (TPSA) is 46.2 Å². The molecular weight excluding hydrogens is 304 g/mol. The van der Waals surface area contributed by atoms with Gasteiger partial charge >= 0.3 is 5.76 Å². The lowest BCUT2D eigenvalue weighted by atomic mass is 10.1. The van der Waals surface area contributed by atoms with Crippen LogP contribution < -0.4 is 4.72 Å². The number of hydrogen-bond donors (Lipinski definition) is 1. The SMILES string of the molecule is CC(Br)c1ccccc1NS(=O)(=O)C(F)F. The van der Waals surface area contributed by atoms with Crippen LogP contribution in [0.25, 0.3) is 0 Å². The third kappa shape index (κ3) is 3.15. The van der Waals surface area contributed by atoms with E-state index < -0.39 is 15.8 Å². The van der Waals surface area contributed by atoms with Crippen molar-refractivity contribution in [1.82, 2.24) is 0 Å². The third-order valence-electron chi connectivity index (χ3n) is 1.88. The molecule has 0 saturated heterocycles. The van der Waals surface area contributed by atoms with Gasteiger partial charge < -0.3 is 0 Å². The highest BCUT2D eigenvalue weighted by Gasteiger charge is 2.24. The van der Waals surface area contributed by atoms with Crippen molar-refractivity contribution in [3.05, 3.63) is 29.8 Å². The molecule has 0 aromatic heterocycles. The molecule has 1 N–H and O–H groups in total. The number of anilines is 1. The predicted octanol–water partition coefficient (Wildman–Crippen LogP) is 3.11. The average molecular weight is 314 g/mol. The zero-order chi connectivity index (χ0) is 12.3. The molecule has 1 aromatic carbocycles. The summed E-state index contributed by atoms with van der Waals surface area (Å²) in [6.45, 7) is 1.77. The molecule has 1 rings (SSSR count). The van der Waals surface area contributed by atoms with E-state index in [1.165, 1.54) is 6.07 Å². The van der Waals surface area contributed by atoms with Crippen molar-refractivity contribution in [3.8, 4) is 0 Å². The van der Waals surface area contributed by atoms with Crippen LogP contribution in [-0.4, -0.2) is 14.2 Å². The van der Waals surface area contributed by atoms with Gasteiger partial charge in [0.25, 0.3) is 10.0 Å². The van der Waals surface area contributed by atoms with Crippen molar-refractivity contribution < 1.29 is 17.2 Å². The molecule has 0 aliphatic rings. The molecule has 1 aromatic rings. The summed E-state index contributed by atoms with van der Waals surface area (Å²) < 4.78 is 48.2. The third-order valence-corrected chi connectivity index (χ3v) is 3.34. The Morgan fingerprint density at radius 2 is 1.88 bits per heavy atom. The van der Waals surface area contributed by atoms with Crippen LogP contribution in [0, 0.1) is 0 Å². The molecule has 0 heterocycles. The highest BCUT2D eigenvalue weighted by molar-refractivity contribution is 9.09. The van der Waals surface area contributed by atoms with Crippen LogP contribution >= 0.6 is 15.9 Å². The quantitative estimate of drug-likeness (QED) is 0.868. The molecule has 0 aliphatic carbocycles. The first kappa shape index (κ1) is 13.4. The monoisotopic (exact) mass is 313 g/mol. The van der Waals surface area contributed by atoms with Crippen molar-refractivity contribution in [2.45, 2.75) is 17.5 Å². The van der Waals surface area contributed by atoms with Crippen LogP contribution in [0.4, 0.5) is 14.5 Å². The van der Waals surface area contributed by atoms with Gasteiger partial charge in [-0.15, -0.1) is 0 Å². The maximum atomic E-state index is 12.2. The molecule has 7 heteroatoms. The Hall–Kier alpha value is -0.690. The number of nitrogens with one attached hydrogen (secondary N) is 1. The second kappa shape index (κ2) is 5.09. The van der Waals surface area contributed by atoms with Crippen LogP contribution in [0.2, 0.25) is 0 Å². The van der Waals surface area contributed by atoms with Gasteiger partial charge in [-0.05, 0) is 18.6 Å². The Morgan fingerprint density at radius 1 is 1.31 bits per heavy atom. The van der Waals surface area contributed by atoms with Crippen molar-refractivity contribution in [2.75, 3.05) is 4.72 Å². The Balaban J connectivity index is 3.07. The van der Waals surface area contributed by atoms with Crippen LogP contribution in [0.15, 0.2) is 24.3 Å². The van der Waals surface area contributed by atoms with Gasteiger partial charge in [-0.2, -0.15) is 8.78 Å². The van der Waals surface area contributed by atoms with E-state index >= 15 is 0 Å². The van der Waals surface area contributed by atoms with E-state index in [1.54, 1.807) is 25.1 Å². The molecule has 90 valence electrons. The number of halogens is 3. The van der Waals surface area contributed by atoms with Gasteiger partial charge in [-0.25, -0.2) is 8.42 Å². The molecule has 16 heavy (non-hydrogen) atoms. The summed E-state index contributed by atoms with van der Waals surface area (Å²) in [4.78, 5) is -0.135. The molecule has 0 saturated carbocycles. The van der Waals surface area contributed by atoms with Crippen LogP contribution in [-0.2, 0) is 10.0 Å². The summed E-state index contributed by atoms with van der Waals surface area (Å²) in [7, 11) is -4.61. The zero-order valence-corrected chi connectivity index (χ0v) is 10.7. The minimum absolute atomic E-state index is 0.135. The number of benzene rings is 1. The highest BCUT2D eigenvalue weighted by Crippen LogP contribution is 2.29. The summed E-state index contributed by atoms with van der Waals surface area (Å²) in [5.41, 5.74) is 0.763. The van der Waals surface area contributed by atoms with Gasteiger partial charge in [0, 0.05) is 4.83 Å².